The fourth-order valence-corrected chi connectivity index (χ4v) is 3.31. The summed E-state index contributed by atoms with van der Waals surface area (Å²) in [5.74, 6) is 1.66. The van der Waals surface area contributed by atoms with Crippen LogP contribution in [0.15, 0.2) is 0 Å². The molecule has 1 aliphatic carbocycles. The van der Waals surface area contributed by atoms with E-state index >= 15 is 0 Å². The summed E-state index contributed by atoms with van der Waals surface area (Å²) in [4.78, 5) is 11.5. The lowest BCUT2D eigenvalue weighted by molar-refractivity contribution is 0.493. The van der Waals surface area contributed by atoms with Crippen LogP contribution in [-0.2, 0) is 0 Å². The molecule has 2 fully saturated rings. The summed E-state index contributed by atoms with van der Waals surface area (Å²) in [6, 6.07) is 0.916. The van der Waals surface area contributed by atoms with Gasteiger partial charge in [0.15, 0.2) is 0 Å². The molecule has 0 amide bonds. The van der Waals surface area contributed by atoms with Crippen LogP contribution in [0.4, 0.5) is 11.8 Å². The monoisotopic (exact) mass is 309 g/mol. The molecule has 1 saturated carbocycles. The van der Waals surface area contributed by atoms with Gasteiger partial charge in [0.05, 0.1) is 0 Å². The summed E-state index contributed by atoms with van der Waals surface area (Å²) in [5, 5.41) is 7.52. The van der Waals surface area contributed by atoms with E-state index in [1.165, 1.54) is 25.7 Å². The van der Waals surface area contributed by atoms with Gasteiger partial charge in [-0.25, -0.2) is 4.98 Å². The van der Waals surface area contributed by atoms with Crippen molar-refractivity contribution >= 4 is 23.4 Å². The van der Waals surface area contributed by atoms with Crippen molar-refractivity contribution in [3.05, 3.63) is 10.7 Å². The molecular weight excluding hydrogens is 286 g/mol. The first-order valence-corrected chi connectivity index (χ1v) is 8.31. The third-order valence-electron chi connectivity index (χ3n) is 4.53. The van der Waals surface area contributed by atoms with Gasteiger partial charge in [0.1, 0.15) is 11.0 Å². The van der Waals surface area contributed by atoms with Gasteiger partial charge >= 0.3 is 0 Å². The molecule has 3 rings (SSSR count). The Bertz CT molecular complexity index is 501. The first kappa shape index (κ1) is 14.9. The van der Waals surface area contributed by atoms with Crippen molar-refractivity contribution in [2.24, 2.45) is 0 Å². The maximum absolute atomic E-state index is 6.34. The number of anilines is 2. The van der Waals surface area contributed by atoms with Gasteiger partial charge in [0.25, 0.3) is 0 Å². The molecular formula is C15H24ClN5. The molecule has 5 nitrogen and oxygen atoms in total. The van der Waals surface area contributed by atoms with Gasteiger partial charge in [0, 0.05) is 37.3 Å². The molecule has 1 atom stereocenters. The highest BCUT2D eigenvalue weighted by Crippen LogP contribution is 2.28. The standard InChI is InChI=1S/C15H24ClN5/c1-10-9-17-7-8-21(10)15-19-13(16)11(2)14(20-15)18-12-5-3-4-6-12/h10,12,17H,3-9H2,1-2H3,(H,18,19,20). The Morgan fingerprint density at radius 1 is 1.29 bits per heavy atom. The van der Waals surface area contributed by atoms with Gasteiger partial charge in [-0.2, -0.15) is 4.98 Å². The Hall–Kier alpha value is -1.07. The lowest BCUT2D eigenvalue weighted by atomic mass is 10.2. The summed E-state index contributed by atoms with van der Waals surface area (Å²) in [5.41, 5.74) is 0.954. The zero-order chi connectivity index (χ0) is 14.8. The predicted octanol–water partition coefficient (Wildman–Crippen LogP) is 2.59. The van der Waals surface area contributed by atoms with Crippen molar-refractivity contribution in [3.63, 3.8) is 0 Å². The summed E-state index contributed by atoms with van der Waals surface area (Å²) in [6.45, 7) is 7.02. The molecule has 0 aromatic carbocycles. The maximum Gasteiger partial charge on any atom is 0.229 e. The molecule has 6 heteroatoms. The van der Waals surface area contributed by atoms with Crippen LogP contribution >= 0.6 is 11.6 Å². The summed E-state index contributed by atoms with van der Waals surface area (Å²) in [6.07, 6.45) is 5.05. The largest absolute Gasteiger partial charge is 0.367 e. The minimum atomic E-state index is 0.386. The van der Waals surface area contributed by atoms with Gasteiger partial charge in [-0.05, 0) is 26.7 Å². The van der Waals surface area contributed by atoms with Gasteiger partial charge in [-0.3, -0.25) is 0 Å². The van der Waals surface area contributed by atoms with Crippen LogP contribution in [0.5, 0.6) is 0 Å². The van der Waals surface area contributed by atoms with Crippen LogP contribution in [0.1, 0.15) is 38.2 Å². The normalized spacial score (nSPS) is 23.6. The van der Waals surface area contributed by atoms with Gasteiger partial charge < -0.3 is 15.5 Å². The lowest BCUT2D eigenvalue weighted by Crippen LogP contribution is -2.50. The quantitative estimate of drug-likeness (QED) is 0.841. The number of aromatic nitrogens is 2. The third-order valence-corrected chi connectivity index (χ3v) is 4.90. The lowest BCUT2D eigenvalue weighted by Gasteiger charge is -2.34. The molecule has 2 N–H and O–H groups in total. The fraction of sp³-hybridized carbons (Fsp3) is 0.733. The highest BCUT2D eigenvalue weighted by Gasteiger charge is 2.23. The molecule has 116 valence electrons. The molecule has 1 saturated heterocycles. The van der Waals surface area contributed by atoms with Crippen LogP contribution in [0.3, 0.4) is 0 Å². The van der Waals surface area contributed by atoms with Crippen molar-refractivity contribution in [1.82, 2.24) is 15.3 Å². The topological polar surface area (TPSA) is 53.1 Å². The highest BCUT2D eigenvalue weighted by atomic mass is 35.5. The Kier molecular flexibility index (Phi) is 4.50. The van der Waals surface area contributed by atoms with Gasteiger partial charge in [-0.15, -0.1) is 0 Å². The summed E-state index contributed by atoms with van der Waals surface area (Å²) < 4.78 is 0. The van der Waals surface area contributed by atoms with E-state index in [0.29, 0.717) is 17.2 Å². The molecule has 0 bridgehead atoms. The highest BCUT2D eigenvalue weighted by molar-refractivity contribution is 6.30. The van der Waals surface area contributed by atoms with Crippen molar-refractivity contribution < 1.29 is 0 Å². The molecule has 21 heavy (non-hydrogen) atoms. The third kappa shape index (κ3) is 3.24. The van der Waals surface area contributed by atoms with Crippen LogP contribution in [-0.4, -0.2) is 41.7 Å². The summed E-state index contributed by atoms with van der Waals surface area (Å²) >= 11 is 6.34. The molecule has 1 aromatic heterocycles. The molecule has 0 spiro atoms. The van der Waals surface area contributed by atoms with Crippen molar-refractivity contribution in [3.8, 4) is 0 Å². The maximum atomic E-state index is 6.34. The first-order chi connectivity index (χ1) is 10.1. The Morgan fingerprint density at radius 2 is 2.05 bits per heavy atom. The van der Waals surface area contributed by atoms with Crippen molar-refractivity contribution in [1.29, 1.82) is 0 Å². The molecule has 1 aliphatic heterocycles. The average molecular weight is 310 g/mol. The SMILES string of the molecule is Cc1c(Cl)nc(N2CCNCC2C)nc1NC1CCCC1. The second kappa shape index (κ2) is 6.36. The van der Waals surface area contributed by atoms with E-state index in [2.05, 4.69) is 27.4 Å². The van der Waals surface area contributed by atoms with E-state index in [0.717, 1.165) is 37.0 Å². The van der Waals surface area contributed by atoms with E-state index in [9.17, 15) is 0 Å². The fourth-order valence-electron chi connectivity index (χ4n) is 3.15. The van der Waals surface area contributed by atoms with Crippen LogP contribution in [0, 0.1) is 6.92 Å². The van der Waals surface area contributed by atoms with Crippen molar-refractivity contribution in [2.45, 2.75) is 51.6 Å². The number of halogens is 1. The zero-order valence-electron chi connectivity index (χ0n) is 12.8. The second-order valence-corrected chi connectivity index (χ2v) is 6.52. The number of hydrogen-bond donors (Lipinski definition) is 2. The Labute approximate surface area is 131 Å². The smallest absolute Gasteiger partial charge is 0.229 e. The minimum absolute atomic E-state index is 0.386. The minimum Gasteiger partial charge on any atom is -0.367 e. The van der Waals surface area contributed by atoms with Crippen LogP contribution < -0.4 is 15.5 Å². The Morgan fingerprint density at radius 3 is 2.76 bits per heavy atom. The van der Waals surface area contributed by atoms with Gasteiger partial charge in [0.2, 0.25) is 5.95 Å². The second-order valence-electron chi connectivity index (χ2n) is 6.16. The average Bonchev–Trinajstić information content (AvgIpc) is 2.97. The van der Waals surface area contributed by atoms with Crippen LogP contribution in [0.25, 0.3) is 0 Å². The van der Waals surface area contributed by atoms with E-state index < -0.39 is 0 Å². The number of hydrogen-bond acceptors (Lipinski definition) is 5. The predicted molar refractivity (Wildman–Crippen MR) is 87.3 cm³/mol. The van der Waals surface area contributed by atoms with E-state index in [1.54, 1.807) is 0 Å². The van der Waals surface area contributed by atoms with E-state index in [4.69, 9.17) is 16.6 Å². The van der Waals surface area contributed by atoms with Crippen LogP contribution in [0.2, 0.25) is 5.15 Å². The van der Waals surface area contributed by atoms with Gasteiger partial charge in [-0.1, -0.05) is 24.4 Å². The van der Waals surface area contributed by atoms with E-state index in [-0.39, 0.29) is 0 Å². The molecule has 0 radical (unpaired) electrons. The number of nitrogens with zero attached hydrogens (tertiary/aromatic N) is 3. The van der Waals surface area contributed by atoms with Crippen molar-refractivity contribution in [2.75, 3.05) is 29.9 Å². The zero-order valence-corrected chi connectivity index (χ0v) is 13.6. The molecule has 1 unspecified atom stereocenters. The molecule has 1 aromatic rings. The number of piperazine rings is 1. The van der Waals surface area contributed by atoms with E-state index in [1.807, 2.05) is 6.92 Å². The summed E-state index contributed by atoms with van der Waals surface area (Å²) in [7, 11) is 0. The molecule has 2 aliphatic rings. The number of nitrogens with one attached hydrogen (secondary N) is 2. The Balaban J connectivity index is 1.85. The number of rotatable bonds is 3. The molecule has 2 heterocycles. The first-order valence-electron chi connectivity index (χ1n) is 7.93.